The van der Waals surface area contributed by atoms with Crippen LogP contribution in [0.15, 0.2) is 47.9 Å². The van der Waals surface area contributed by atoms with E-state index in [0.29, 0.717) is 5.69 Å². The Hall–Kier alpha value is -2.93. The van der Waals surface area contributed by atoms with Crippen molar-refractivity contribution < 1.29 is 9.63 Å². The highest BCUT2D eigenvalue weighted by molar-refractivity contribution is 5.97. The van der Waals surface area contributed by atoms with E-state index < -0.39 is 6.03 Å². The third-order valence-electron chi connectivity index (χ3n) is 3.46. The molecule has 2 rings (SSSR count). The van der Waals surface area contributed by atoms with E-state index in [1.165, 1.54) is 7.05 Å². The number of carbonyl (C=O) groups is 1. The number of nitrogens with one attached hydrogen (secondary N) is 1. The lowest BCUT2D eigenvalue weighted by molar-refractivity contribution is 0.130. The van der Waals surface area contributed by atoms with E-state index >= 15 is 0 Å². The second-order valence-electron chi connectivity index (χ2n) is 5.33. The summed E-state index contributed by atoms with van der Waals surface area (Å²) in [7, 11) is 1.48. The predicted molar refractivity (Wildman–Crippen MR) is 93.4 cm³/mol. The summed E-state index contributed by atoms with van der Waals surface area (Å²) >= 11 is 0. The Bertz CT molecular complexity index is 729. The average molecular weight is 327 g/mol. The number of amides is 2. The van der Waals surface area contributed by atoms with Gasteiger partial charge in [-0.3, -0.25) is 9.99 Å². The van der Waals surface area contributed by atoms with Gasteiger partial charge in [0, 0.05) is 36.3 Å². The molecule has 0 fully saturated rings. The number of aryl methyl sites for hydroxylation is 1. The quantitative estimate of drug-likeness (QED) is 0.382. The molecule has 0 aliphatic rings. The number of urea groups is 1. The number of hydrogen-bond donors (Lipinski definition) is 2. The highest BCUT2D eigenvalue weighted by Gasteiger charge is 2.11. The zero-order chi connectivity index (χ0) is 17.5. The summed E-state index contributed by atoms with van der Waals surface area (Å²) in [6.07, 6.45) is 3.42. The van der Waals surface area contributed by atoms with Crippen molar-refractivity contribution in [1.82, 2.24) is 9.99 Å². The van der Waals surface area contributed by atoms with Crippen LogP contribution in [0.2, 0.25) is 0 Å². The molecule has 0 unspecified atom stereocenters. The van der Waals surface area contributed by atoms with Gasteiger partial charge < -0.3 is 10.2 Å². The van der Waals surface area contributed by atoms with Gasteiger partial charge in [0.2, 0.25) is 0 Å². The minimum atomic E-state index is -0.406. The zero-order valence-corrected chi connectivity index (χ0v) is 14.0. The molecule has 0 aliphatic heterocycles. The Morgan fingerprint density at radius 2 is 2.17 bits per heavy atom. The minimum absolute atomic E-state index is 0.230. The summed E-state index contributed by atoms with van der Waals surface area (Å²) in [6.45, 7) is 4.02. The average Bonchev–Trinajstić information content (AvgIpc) is 2.57. The van der Waals surface area contributed by atoms with Gasteiger partial charge in [-0.05, 0) is 37.6 Å². The number of rotatable bonds is 5. The van der Waals surface area contributed by atoms with Crippen molar-refractivity contribution in [3.05, 3.63) is 59.4 Å². The fraction of sp³-hybridized carbons (Fsp3) is 0.235. The van der Waals surface area contributed by atoms with Crippen LogP contribution in [0.1, 0.15) is 23.6 Å². The van der Waals surface area contributed by atoms with E-state index in [2.05, 4.69) is 15.5 Å². The van der Waals surface area contributed by atoms with Gasteiger partial charge in [-0.2, -0.15) is 0 Å². The van der Waals surface area contributed by atoms with Crippen molar-refractivity contribution in [3.8, 4) is 0 Å². The molecule has 3 N–H and O–H groups in total. The maximum atomic E-state index is 11.8. The van der Waals surface area contributed by atoms with Gasteiger partial charge in [0.1, 0.15) is 6.61 Å². The van der Waals surface area contributed by atoms with Crippen LogP contribution in [0.3, 0.4) is 0 Å². The smallest absolute Gasteiger partial charge is 0.335 e. The van der Waals surface area contributed by atoms with E-state index in [-0.39, 0.29) is 6.61 Å². The van der Waals surface area contributed by atoms with Crippen molar-refractivity contribution in [1.29, 1.82) is 0 Å². The van der Waals surface area contributed by atoms with Gasteiger partial charge in [-0.1, -0.05) is 17.3 Å². The number of benzene rings is 1. The summed E-state index contributed by atoms with van der Waals surface area (Å²) in [6, 6.07) is 8.94. The molecule has 0 saturated heterocycles. The molecule has 7 heteroatoms. The normalized spacial score (nSPS) is 11.1. The Morgan fingerprint density at radius 1 is 1.38 bits per heavy atom. The first-order valence-electron chi connectivity index (χ1n) is 7.44. The van der Waals surface area contributed by atoms with Crippen LogP contribution < -0.4 is 11.2 Å². The lowest BCUT2D eigenvalue weighted by Gasteiger charge is -2.16. The highest BCUT2D eigenvalue weighted by Crippen LogP contribution is 2.21. The van der Waals surface area contributed by atoms with Crippen molar-refractivity contribution >= 4 is 17.4 Å². The number of nitrogens with two attached hydrogens (primary N) is 1. The molecule has 1 aromatic heterocycles. The maximum Gasteiger partial charge on any atom is 0.335 e. The van der Waals surface area contributed by atoms with Crippen LogP contribution >= 0.6 is 0 Å². The third-order valence-corrected chi connectivity index (χ3v) is 3.46. The van der Waals surface area contributed by atoms with Crippen molar-refractivity contribution in [3.63, 3.8) is 0 Å². The molecule has 7 nitrogen and oxygen atoms in total. The minimum Gasteiger partial charge on any atom is -0.391 e. The van der Waals surface area contributed by atoms with E-state index in [4.69, 9.17) is 10.7 Å². The fourth-order valence-electron chi connectivity index (χ4n) is 2.04. The van der Waals surface area contributed by atoms with Gasteiger partial charge in [-0.15, -0.1) is 0 Å². The lowest BCUT2D eigenvalue weighted by atomic mass is 10.1. The van der Waals surface area contributed by atoms with Crippen LogP contribution in [-0.4, -0.2) is 28.8 Å². The van der Waals surface area contributed by atoms with Crippen molar-refractivity contribution in [2.75, 3.05) is 12.4 Å². The van der Waals surface area contributed by atoms with E-state index in [0.717, 1.165) is 27.4 Å². The second-order valence-corrected chi connectivity index (χ2v) is 5.33. The van der Waals surface area contributed by atoms with Gasteiger partial charge in [-0.25, -0.2) is 10.6 Å². The molecule has 126 valence electrons. The fourth-order valence-corrected chi connectivity index (χ4v) is 2.04. The van der Waals surface area contributed by atoms with E-state index in [9.17, 15) is 4.79 Å². The molecular weight excluding hydrogens is 306 g/mol. The number of aromatic nitrogens is 1. The Kier molecular flexibility index (Phi) is 5.86. The maximum absolute atomic E-state index is 11.8. The number of anilines is 1. The molecule has 0 aliphatic carbocycles. The molecule has 0 saturated carbocycles. The van der Waals surface area contributed by atoms with E-state index in [1.807, 2.05) is 38.1 Å². The number of pyridine rings is 1. The van der Waals surface area contributed by atoms with E-state index in [1.54, 1.807) is 18.5 Å². The summed E-state index contributed by atoms with van der Waals surface area (Å²) < 4.78 is 0. The summed E-state index contributed by atoms with van der Waals surface area (Å²) in [5, 5.41) is 7.84. The van der Waals surface area contributed by atoms with Crippen molar-refractivity contribution in [2.24, 2.45) is 11.0 Å². The SMILES string of the molecule is C/C(=N\OCc1c(C)cccc1NC(=O)N(C)N)c1cccnc1. The molecule has 1 aromatic carbocycles. The predicted octanol–water partition coefficient (Wildman–Crippen LogP) is 2.67. The Morgan fingerprint density at radius 3 is 2.83 bits per heavy atom. The number of hydrazine groups is 1. The summed E-state index contributed by atoms with van der Waals surface area (Å²) in [5.74, 6) is 5.44. The lowest BCUT2D eigenvalue weighted by Crippen LogP contribution is -2.37. The van der Waals surface area contributed by atoms with Gasteiger partial charge in [0.25, 0.3) is 0 Å². The third kappa shape index (κ3) is 4.53. The Balaban J connectivity index is 2.11. The molecular formula is C17H21N5O2. The molecule has 0 radical (unpaired) electrons. The first kappa shape index (κ1) is 17.4. The zero-order valence-electron chi connectivity index (χ0n) is 14.0. The van der Waals surface area contributed by atoms with Gasteiger partial charge >= 0.3 is 6.03 Å². The molecule has 0 atom stereocenters. The number of oxime groups is 1. The van der Waals surface area contributed by atoms with Crippen LogP contribution in [-0.2, 0) is 11.4 Å². The molecule has 0 bridgehead atoms. The molecule has 24 heavy (non-hydrogen) atoms. The van der Waals surface area contributed by atoms with Crippen LogP contribution in [0.4, 0.5) is 10.5 Å². The van der Waals surface area contributed by atoms with Crippen LogP contribution in [0, 0.1) is 6.92 Å². The number of nitrogens with zero attached hydrogens (tertiary/aromatic N) is 3. The molecule has 1 heterocycles. The molecule has 2 aromatic rings. The van der Waals surface area contributed by atoms with Crippen LogP contribution in [0.25, 0.3) is 0 Å². The van der Waals surface area contributed by atoms with Gasteiger partial charge in [0.05, 0.1) is 5.71 Å². The monoisotopic (exact) mass is 327 g/mol. The second kappa shape index (κ2) is 8.07. The van der Waals surface area contributed by atoms with Crippen LogP contribution in [0.5, 0.6) is 0 Å². The van der Waals surface area contributed by atoms with Gasteiger partial charge in [0.15, 0.2) is 0 Å². The largest absolute Gasteiger partial charge is 0.391 e. The standard InChI is InChI=1S/C17H21N5O2/c1-12-6-4-8-16(20-17(23)22(3)18)15(12)11-24-21-13(2)14-7-5-9-19-10-14/h4-10H,11,18H2,1-3H3,(H,20,23)/b21-13+. The highest BCUT2D eigenvalue weighted by atomic mass is 16.6. The van der Waals surface area contributed by atoms with Crippen molar-refractivity contribution in [2.45, 2.75) is 20.5 Å². The number of hydrogen-bond acceptors (Lipinski definition) is 5. The number of carbonyl (C=O) groups excluding carboxylic acids is 1. The topological polar surface area (TPSA) is 92.8 Å². The summed E-state index contributed by atoms with van der Waals surface area (Å²) in [4.78, 5) is 21.3. The molecule has 0 spiro atoms. The first-order valence-corrected chi connectivity index (χ1v) is 7.44. The Labute approximate surface area is 141 Å². The summed E-state index contributed by atoms with van der Waals surface area (Å²) in [5.41, 5.74) is 4.09. The first-order chi connectivity index (χ1) is 11.5. The molecule has 2 amide bonds.